The van der Waals surface area contributed by atoms with Gasteiger partial charge in [-0.2, -0.15) is 0 Å². The number of carbonyl (C=O) groups is 2. The van der Waals surface area contributed by atoms with Crippen molar-refractivity contribution in [2.45, 2.75) is 416 Å². The molecule has 0 saturated heterocycles. The average Bonchev–Trinajstić information content (AvgIpc) is 0.766. The molecule has 0 aromatic heterocycles. The van der Waals surface area contributed by atoms with Gasteiger partial charge in [0, 0.05) is 11.9 Å². The molecular formula is C90H148CaO7. The molecule has 4 rings (SSSR count). The number of carbonyl (C=O) groups excluding carboxylic acids is 2. The standard InChI is InChI=1S/C54H78O3.2C18H36O2.Ca/c1-31-37(22-34-25-40(49(4,5)6)46(55)41(26-34)50(7,8)9)32(2)39(24-36-29-44(53(16,17)18)48(57)45(30-36)54(19,20)21)33(3)38(31)23-35-27-42(51(10,11)12)47(56)43(28-35)52(13,14)15;2*1-2-3-4-5-6-7-8-9-10-11-12-13-14-15-16-17-18(19)20;/h25-30,55-57H,22-24H2,1-21H3;2*2-17H2,1H3,(H,19,20);/q;;;+2/p-2. The molecule has 0 bridgehead atoms. The van der Waals surface area contributed by atoms with Crippen LogP contribution in [0.4, 0.5) is 0 Å². The fourth-order valence-corrected chi connectivity index (χ4v) is 13.9. The van der Waals surface area contributed by atoms with Crippen molar-refractivity contribution in [3.63, 3.8) is 0 Å². The van der Waals surface area contributed by atoms with Gasteiger partial charge in [0.1, 0.15) is 17.2 Å². The third kappa shape index (κ3) is 34.2. The van der Waals surface area contributed by atoms with Gasteiger partial charge in [-0.25, -0.2) is 0 Å². The molecule has 0 radical (unpaired) electrons. The molecule has 552 valence electrons. The largest absolute Gasteiger partial charge is 2.00 e. The first-order valence-corrected chi connectivity index (χ1v) is 39.2. The molecule has 98 heavy (non-hydrogen) atoms. The molecule has 0 saturated carbocycles. The summed E-state index contributed by atoms with van der Waals surface area (Å²) in [6, 6.07) is 13.4. The van der Waals surface area contributed by atoms with Gasteiger partial charge < -0.3 is 35.1 Å². The number of rotatable bonds is 38. The minimum Gasteiger partial charge on any atom is -0.550 e. The van der Waals surface area contributed by atoms with Crippen molar-refractivity contribution in [2.75, 3.05) is 0 Å². The summed E-state index contributed by atoms with van der Waals surface area (Å²) in [4.78, 5) is 20.4. The summed E-state index contributed by atoms with van der Waals surface area (Å²) in [5, 5.41) is 55.3. The number of aliphatic carboxylic acids is 2. The van der Waals surface area contributed by atoms with Crippen LogP contribution >= 0.6 is 0 Å². The third-order valence-electron chi connectivity index (χ3n) is 20.2. The molecule has 0 spiro atoms. The van der Waals surface area contributed by atoms with Crippen LogP contribution in [0.25, 0.3) is 0 Å². The monoisotopic (exact) mass is 1380 g/mol. The van der Waals surface area contributed by atoms with Crippen molar-refractivity contribution in [1.29, 1.82) is 0 Å². The van der Waals surface area contributed by atoms with Crippen molar-refractivity contribution in [3.05, 3.63) is 120 Å². The molecule has 0 aliphatic carbocycles. The zero-order valence-electron chi connectivity index (χ0n) is 67.9. The number of carboxylic acids is 2. The molecule has 0 fully saturated rings. The fraction of sp³-hybridized carbons (Fsp3) is 0.711. The molecule has 0 atom stereocenters. The maximum Gasteiger partial charge on any atom is 2.00 e. The summed E-state index contributed by atoms with van der Waals surface area (Å²) in [5.41, 5.74) is 16.0. The van der Waals surface area contributed by atoms with Gasteiger partial charge in [-0.05, 0) is 182 Å². The normalized spacial score (nSPS) is 12.2. The van der Waals surface area contributed by atoms with E-state index in [1.807, 2.05) is 0 Å². The van der Waals surface area contributed by atoms with Gasteiger partial charge in [0.2, 0.25) is 0 Å². The molecule has 7 nitrogen and oxygen atoms in total. The van der Waals surface area contributed by atoms with Crippen LogP contribution in [0.15, 0.2) is 36.4 Å². The van der Waals surface area contributed by atoms with Gasteiger partial charge in [0.05, 0.1) is 0 Å². The van der Waals surface area contributed by atoms with Crippen LogP contribution < -0.4 is 10.2 Å². The molecule has 4 aromatic carbocycles. The first-order chi connectivity index (χ1) is 45.1. The second-order valence-corrected chi connectivity index (χ2v) is 35.6. The molecule has 3 N–H and O–H groups in total. The van der Waals surface area contributed by atoms with Gasteiger partial charge in [-0.3, -0.25) is 0 Å². The van der Waals surface area contributed by atoms with Crippen LogP contribution in [0, 0.1) is 20.8 Å². The average molecular weight is 1380 g/mol. The Morgan fingerprint density at radius 1 is 0.286 bits per heavy atom. The number of phenolic OH excluding ortho intramolecular Hbond substituents is 3. The molecule has 0 aliphatic heterocycles. The van der Waals surface area contributed by atoms with Crippen LogP contribution in [0.3, 0.4) is 0 Å². The second kappa shape index (κ2) is 44.9. The van der Waals surface area contributed by atoms with E-state index in [1.165, 1.54) is 217 Å². The molecule has 8 heteroatoms. The topological polar surface area (TPSA) is 141 Å². The summed E-state index contributed by atoms with van der Waals surface area (Å²) in [7, 11) is 0. The Balaban J connectivity index is 0.000000956. The minimum atomic E-state index is -0.903. The minimum absolute atomic E-state index is 0. The van der Waals surface area contributed by atoms with Gasteiger partial charge in [0.25, 0.3) is 0 Å². The Hall–Kier alpha value is -3.52. The van der Waals surface area contributed by atoms with E-state index in [2.05, 4.69) is 196 Å². The van der Waals surface area contributed by atoms with E-state index in [-0.39, 0.29) is 83.1 Å². The Labute approximate surface area is 633 Å². The van der Waals surface area contributed by atoms with Crippen LogP contribution in [-0.4, -0.2) is 65.0 Å². The predicted molar refractivity (Wildman–Crippen MR) is 420 cm³/mol. The van der Waals surface area contributed by atoms with E-state index in [4.69, 9.17) is 0 Å². The van der Waals surface area contributed by atoms with Crippen molar-refractivity contribution in [3.8, 4) is 17.2 Å². The Morgan fingerprint density at radius 3 is 0.561 bits per heavy atom. The maximum absolute atomic E-state index is 11.6. The van der Waals surface area contributed by atoms with E-state index in [9.17, 15) is 35.1 Å². The van der Waals surface area contributed by atoms with Crippen molar-refractivity contribution >= 4 is 49.7 Å². The van der Waals surface area contributed by atoms with E-state index in [1.54, 1.807) is 0 Å². The van der Waals surface area contributed by atoms with E-state index in [0.29, 0.717) is 17.2 Å². The third-order valence-corrected chi connectivity index (χ3v) is 20.2. The van der Waals surface area contributed by atoms with Crippen molar-refractivity contribution in [2.24, 2.45) is 0 Å². The molecule has 0 aliphatic rings. The summed E-state index contributed by atoms with van der Waals surface area (Å²) < 4.78 is 0. The van der Waals surface area contributed by atoms with Crippen LogP contribution in [0.5, 0.6) is 17.2 Å². The SMILES string of the molecule is CCCCCCCCCCCCCCCCCC(=O)[O-].CCCCCCCCCCCCCCCCCC(=O)[O-].Cc1c(Cc2cc(C(C)(C)C)c(O)c(C(C)(C)C)c2)c(C)c(Cc2cc(C(C)(C)C)c(O)c(C(C)(C)C)c2)c(C)c1Cc1cc(C(C)(C)C)c(O)c(C(C)(C)C)c1.[Ca+2]. The number of carboxylic acid groups (broad SMARTS) is 2. The number of aromatic hydroxyl groups is 3. The summed E-state index contributed by atoms with van der Waals surface area (Å²) >= 11 is 0. The zero-order chi connectivity index (χ0) is 73.5. The Kier molecular flexibility index (Phi) is 42.3. The van der Waals surface area contributed by atoms with Crippen LogP contribution in [0.1, 0.15) is 427 Å². The molecule has 0 unspecified atom stereocenters. The van der Waals surface area contributed by atoms with Gasteiger partial charge in [-0.15, -0.1) is 0 Å². The van der Waals surface area contributed by atoms with Crippen molar-refractivity contribution < 1.29 is 35.1 Å². The van der Waals surface area contributed by atoms with Crippen LogP contribution in [0.2, 0.25) is 0 Å². The summed E-state index contributed by atoms with van der Waals surface area (Å²) in [6.07, 6.45) is 42.0. The van der Waals surface area contributed by atoms with Crippen molar-refractivity contribution in [1.82, 2.24) is 0 Å². The number of unbranched alkanes of at least 4 members (excludes halogenated alkanes) is 28. The quantitative estimate of drug-likeness (QED) is 0.0300. The first kappa shape index (κ1) is 92.5. The molecule has 4 aromatic rings. The number of hydrogen-bond donors (Lipinski definition) is 3. The van der Waals surface area contributed by atoms with E-state index in [0.717, 1.165) is 78.3 Å². The van der Waals surface area contributed by atoms with Gasteiger partial charge in [0.15, 0.2) is 0 Å². The van der Waals surface area contributed by atoms with E-state index < -0.39 is 11.9 Å². The Bertz CT molecular complexity index is 2540. The molecular weight excluding hydrogens is 1230 g/mol. The summed E-state index contributed by atoms with van der Waals surface area (Å²) in [5.74, 6) is -0.582. The number of benzene rings is 4. The van der Waals surface area contributed by atoms with Gasteiger partial charge >= 0.3 is 37.7 Å². The molecule has 0 amide bonds. The van der Waals surface area contributed by atoms with Crippen LogP contribution in [-0.2, 0) is 61.3 Å². The van der Waals surface area contributed by atoms with E-state index >= 15 is 0 Å². The number of phenols is 3. The first-order valence-electron chi connectivity index (χ1n) is 39.2. The maximum atomic E-state index is 11.6. The molecule has 0 heterocycles. The summed E-state index contributed by atoms with van der Waals surface area (Å²) in [6.45, 7) is 50.7. The predicted octanol–water partition coefficient (Wildman–Crippen LogP) is 23.9. The van der Waals surface area contributed by atoms with Gasteiger partial charge in [-0.1, -0.05) is 355 Å². The Morgan fingerprint density at radius 2 is 0.429 bits per heavy atom. The zero-order valence-corrected chi connectivity index (χ0v) is 70.1. The number of hydrogen-bond acceptors (Lipinski definition) is 7. The second-order valence-electron chi connectivity index (χ2n) is 35.6. The smallest absolute Gasteiger partial charge is 0.550 e. The fourth-order valence-electron chi connectivity index (χ4n) is 13.9.